The lowest BCUT2D eigenvalue weighted by molar-refractivity contribution is -0.126. The van der Waals surface area contributed by atoms with Gasteiger partial charge in [-0.15, -0.1) is 0 Å². The zero-order valence-corrected chi connectivity index (χ0v) is 14.7. The van der Waals surface area contributed by atoms with Crippen molar-refractivity contribution in [1.29, 1.82) is 0 Å². The van der Waals surface area contributed by atoms with Crippen molar-refractivity contribution in [3.05, 3.63) is 66.1 Å². The van der Waals surface area contributed by atoms with E-state index in [4.69, 9.17) is 0 Å². The van der Waals surface area contributed by atoms with Crippen molar-refractivity contribution in [3.8, 4) is 0 Å². The Morgan fingerprint density at radius 3 is 2.78 bits per heavy atom. The van der Waals surface area contributed by atoms with E-state index in [2.05, 4.69) is 16.4 Å². The predicted molar refractivity (Wildman–Crippen MR) is 102 cm³/mol. The molecule has 5 nitrogen and oxygen atoms in total. The number of benzene rings is 2. The summed E-state index contributed by atoms with van der Waals surface area (Å²) in [5.41, 5.74) is 2.85. The summed E-state index contributed by atoms with van der Waals surface area (Å²) in [6.45, 7) is 0.839. The van der Waals surface area contributed by atoms with Gasteiger partial charge in [-0.05, 0) is 42.3 Å². The number of hydrogen-bond acceptors (Lipinski definition) is 2. The van der Waals surface area contributed by atoms with E-state index in [1.807, 2.05) is 24.4 Å². The normalized spacial score (nSPS) is 16.9. The lowest BCUT2D eigenvalue weighted by atomic mass is 10.1. The van der Waals surface area contributed by atoms with Gasteiger partial charge in [0.2, 0.25) is 11.8 Å². The van der Waals surface area contributed by atoms with Crippen molar-refractivity contribution in [2.24, 2.45) is 5.92 Å². The molecule has 2 N–H and O–H groups in total. The SMILES string of the molecule is O=C(NCCc1c[nH]c2ccccc12)[C@@H]1CC(=O)N(c2ccc(F)cc2)C1. The minimum Gasteiger partial charge on any atom is -0.361 e. The van der Waals surface area contributed by atoms with Gasteiger partial charge in [0.05, 0.1) is 5.92 Å². The van der Waals surface area contributed by atoms with Gasteiger partial charge in [-0.3, -0.25) is 9.59 Å². The first kappa shape index (κ1) is 17.3. The highest BCUT2D eigenvalue weighted by Gasteiger charge is 2.34. The Labute approximate surface area is 156 Å². The zero-order chi connectivity index (χ0) is 18.8. The molecule has 0 unspecified atom stereocenters. The van der Waals surface area contributed by atoms with E-state index in [0.29, 0.717) is 18.8 Å². The second-order valence-corrected chi connectivity index (χ2v) is 6.78. The van der Waals surface area contributed by atoms with Gasteiger partial charge in [0.1, 0.15) is 5.82 Å². The molecule has 1 saturated heterocycles. The average Bonchev–Trinajstić information content (AvgIpc) is 3.26. The number of aromatic nitrogens is 1. The number of carbonyl (C=O) groups is 2. The number of para-hydroxylation sites is 1. The van der Waals surface area contributed by atoms with Crippen LogP contribution in [0.15, 0.2) is 54.7 Å². The number of nitrogens with zero attached hydrogens (tertiary/aromatic N) is 1. The van der Waals surface area contributed by atoms with Crippen LogP contribution in [0.5, 0.6) is 0 Å². The first-order valence-corrected chi connectivity index (χ1v) is 9.00. The third-order valence-electron chi connectivity index (χ3n) is 5.00. The lowest BCUT2D eigenvalue weighted by Crippen LogP contribution is -2.34. The van der Waals surface area contributed by atoms with Crippen molar-refractivity contribution < 1.29 is 14.0 Å². The number of halogens is 1. The highest BCUT2D eigenvalue weighted by molar-refractivity contribution is 6.00. The molecular weight excluding hydrogens is 345 g/mol. The summed E-state index contributed by atoms with van der Waals surface area (Å²) in [6, 6.07) is 13.8. The van der Waals surface area contributed by atoms with Crippen LogP contribution in [0.1, 0.15) is 12.0 Å². The number of rotatable bonds is 5. The number of H-pyrrole nitrogens is 1. The smallest absolute Gasteiger partial charge is 0.227 e. The number of aromatic amines is 1. The third kappa shape index (κ3) is 3.56. The van der Waals surface area contributed by atoms with Crippen LogP contribution < -0.4 is 10.2 Å². The van der Waals surface area contributed by atoms with Gasteiger partial charge in [0.15, 0.2) is 0 Å². The minimum absolute atomic E-state index is 0.113. The molecule has 2 heterocycles. The zero-order valence-electron chi connectivity index (χ0n) is 14.7. The molecule has 0 spiro atoms. The van der Waals surface area contributed by atoms with Crippen LogP contribution in [0, 0.1) is 11.7 Å². The number of nitrogens with one attached hydrogen (secondary N) is 2. The van der Waals surface area contributed by atoms with Crippen LogP contribution >= 0.6 is 0 Å². The fourth-order valence-corrected chi connectivity index (χ4v) is 3.56. The molecule has 1 fully saturated rings. The van der Waals surface area contributed by atoms with E-state index in [9.17, 15) is 14.0 Å². The Bertz CT molecular complexity index is 981. The van der Waals surface area contributed by atoms with Crippen molar-refractivity contribution >= 4 is 28.4 Å². The van der Waals surface area contributed by atoms with Gasteiger partial charge >= 0.3 is 0 Å². The number of carbonyl (C=O) groups excluding carboxylic acids is 2. The highest BCUT2D eigenvalue weighted by atomic mass is 19.1. The van der Waals surface area contributed by atoms with Crippen molar-refractivity contribution in [2.45, 2.75) is 12.8 Å². The molecule has 1 aromatic heterocycles. The molecule has 0 saturated carbocycles. The fourth-order valence-electron chi connectivity index (χ4n) is 3.56. The van der Waals surface area contributed by atoms with Crippen LogP contribution in [0.25, 0.3) is 10.9 Å². The van der Waals surface area contributed by atoms with E-state index in [-0.39, 0.29) is 30.0 Å². The summed E-state index contributed by atoms with van der Waals surface area (Å²) in [7, 11) is 0. The third-order valence-corrected chi connectivity index (χ3v) is 5.00. The summed E-state index contributed by atoms with van der Waals surface area (Å²) in [6.07, 6.45) is 2.86. The average molecular weight is 365 g/mol. The second kappa shape index (κ2) is 7.23. The molecule has 6 heteroatoms. The van der Waals surface area contributed by atoms with Gasteiger partial charge in [0.25, 0.3) is 0 Å². The first-order chi connectivity index (χ1) is 13.1. The van der Waals surface area contributed by atoms with Crippen molar-refractivity contribution in [2.75, 3.05) is 18.0 Å². The summed E-state index contributed by atoms with van der Waals surface area (Å²) >= 11 is 0. The predicted octanol–water partition coefficient (Wildman–Crippen LogP) is 3.02. The molecule has 0 aliphatic carbocycles. The quantitative estimate of drug-likeness (QED) is 0.730. The van der Waals surface area contributed by atoms with Crippen LogP contribution in [0.2, 0.25) is 0 Å². The molecule has 27 heavy (non-hydrogen) atoms. The van der Waals surface area contributed by atoms with Crippen molar-refractivity contribution in [1.82, 2.24) is 10.3 Å². The van der Waals surface area contributed by atoms with E-state index < -0.39 is 0 Å². The van der Waals surface area contributed by atoms with E-state index >= 15 is 0 Å². The summed E-state index contributed by atoms with van der Waals surface area (Å²) < 4.78 is 13.1. The largest absolute Gasteiger partial charge is 0.361 e. The Kier molecular flexibility index (Phi) is 4.62. The van der Waals surface area contributed by atoms with E-state index in [1.165, 1.54) is 12.1 Å². The summed E-state index contributed by atoms with van der Waals surface area (Å²) in [5.74, 6) is -0.964. The van der Waals surface area contributed by atoms with Crippen LogP contribution in [0.4, 0.5) is 10.1 Å². The summed E-state index contributed by atoms with van der Waals surface area (Å²) in [4.78, 5) is 29.5. The molecule has 1 atom stereocenters. The fraction of sp³-hybridized carbons (Fsp3) is 0.238. The standard InChI is InChI=1S/C21H20FN3O2/c22-16-5-7-17(8-6-16)25-13-15(11-20(25)26)21(27)23-10-9-14-12-24-19-4-2-1-3-18(14)19/h1-8,12,15,24H,9-11,13H2,(H,23,27)/t15-/m1/s1. The van der Waals surface area contributed by atoms with E-state index in [1.54, 1.807) is 17.0 Å². The van der Waals surface area contributed by atoms with Gasteiger partial charge in [-0.25, -0.2) is 4.39 Å². The maximum absolute atomic E-state index is 13.1. The summed E-state index contributed by atoms with van der Waals surface area (Å²) in [5, 5.41) is 4.10. The van der Waals surface area contributed by atoms with Gasteiger partial charge in [0, 0.05) is 42.3 Å². The van der Waals surface area contributed by atoms with E-state index in [0.717, 1.165) is 22.9 Å². The van der Waals surface area contributed by atoms with Crippen LogP contribution in [-0.4, -0.2) is 29.9 Å². The molecule has 0 bridgehead atoms. The van der Waals surface area contributed by atoms with Crippen LogP contribution in [-0.2, 0) is 16.0 Å². The van der Waals surface area contributed by atoms with Gasteiger partial charge < -0.3 is 15.2 Å². The van der Waals surface area contributed by atoms with Crippen molar-refractivity contribution in [3.63, 3.8) is 0 Å². The lowest BCUT2D eigenvalue weighted by Gasteiger charge is -2.16. The number of anilines is 1. The molecule has 1 aliphatic rings. The minimum atomic E-state index is -0.384. The molecular formula is C21H20FN3O2. The Morgan fingerprint density at radius 2 is 1.96 bits per heavy atom. The maximum Gasteiger partial charge on any atom is 0.227 e. The monoisotopic (exact) mass is 365 g/mol. The van der Waals surface area contributed by atoms with Gasteiger partial charge in [-0.2, -0.15) is 0 Å². The number of hydrogen-bond donors (Lipinski definition) is 2. The first-order valence-electron chi connectivity index (χ1n) is 9.00. The molecule has 1 aliphatic heterocycles. The Morgan fingerprint density at radius 1 is 1.19 bits per heavy atom. The second-order valence-electron chi connectivity index (χ2n) is 6.78. The van der Waals surface area contributed by atoms with Crippen LogP contribution in [0.3, 0.4) is 0 Å². The molecule has 0 radical (unpaired) electrons. The number of fused-ring (bicyclic) bond motifs is 1. The highest BCUT2D eigenvalue weighted by Crippen LogP contribution is 2.25. The molecule has 2 amide bonds. The molecule has 2 aromatic carbocycles. The van der Waals surface area contributed by atoms with Gasteiger partial charge in [-0.1, -0.05) is 18.2 Å². The topological polar surface area (TPSA) is 65.2 Å². The number of amides is 2. The maximum atomic E-state index is 13.1. The molecule has 3 aromatic rings. The Hall–Kier alpha value is -3.15. The Balaban J connectivity index is 1.33. The molecule has 4 rings (SSSR count). The molecule has 138 valence electrons.